The van der Waals surface area contributed by atoms with Gasteiger partial charge in [0, 0.05) is 28.2 Å². The summed E-state index contributed by atoms with van der Waals surface area (Å²) in [6, 6.07) is -1.17. The van der Waals surface area contributed by atoms with Crippen LogP contribution in [0, 0.1) is 20.2 Å². The first-order valence-corrected chi connectivity index (χ1v) is 6.95. The van der Waals surface area contributed by atoms with Crippen LogP contribution in [0.1, 0.15) is 0 Å². The number of piperazine rings is 1. The number of nitrogens with zero attached hydrogens (tertiary/aromatic N) is 8. The van der Waals surface area contributed by atoms with Gasteiger partial charge in [-0.25, -0.2) is 29.8 Å². The molecule has 3 rings (SSSR count). The standard InChI is InChI=1S/C10H16N8O6/c1-11-5-6(12(2)9(11)19)16(18(23)24)8-7(15(5)17(21)22)13(3)10(20)14(8)4/h5-8H,1-4H3. The van der Waals surface area contributed by atoms with Crippen molar-refractivity contribution in [2.75, 3.05) is 28.2 Å². The number of amides is 4. The lowest BCUT2D eigenvalue weighted by atomic mass is 10.2. The van der Waals surface area contributed by atoms with Crippen LogP contribution in [0.2, 0.25) is 0 Å². The second-order valence-corrected chi connectivity index (χ2v) is 5.90. The van der Waals surface area contributed by atoms with E-state index in [-0.39, 0.29) is 0 Å². The number of hydrogen-bond acceptors (Lipinski definition) is 6. The van der Waals surface area contributed by atoms with Gasteiger partial charge in [-0.3, -0.25) is 19.6 Å². The Labute approximate surface area is 135 Å². The van der Waals surface area contributed by atoms with E-state index in [9.17, 15) is 29.8 Å². The Morgan fingerprint density at radius 3 is 1.04 bits per heavy atom. The van der Waals surface area contributed by atoms with Crippen molar-refractivity contribution in [3.05, 3.63) is 20.2 Å². The normalized spacial score (nSPS) is 32.5. The van der Waals surface area contributed by atoms with Crippen molar-refractivity contribution in [3.8, 4) is 0 Å². The van der Waals surface area contributed by atoms with Gasteiger partial charge in [-0.15, -0.1) is 0 Å². The number of hydrazine groups is 2. The zero-order chi connectivity index (χ0) is 18.1. The molecule has 3 fully saturated rings. The number of carbonyl (C=O) groups excluding carboxylic acids is 2. The molecule has 0 aromatic carbocycles. The Morgan fingerprint density at radius 2 is 0.875 bits per heavy atom. The fourth-order valence-corrected chi connectivity index (χ4v) is 3.71. The molecule has 0 spiro atoms. The highest BCUT2D eigenvalue weighted by atomic mass is 16.7. The van der Waals surface area contributed by atoms with Crippen molar-refractivity contribution in [3.63, 3.8) is 0 Å². The zero-order valence-corrected chi connectivity index (χ0v) is 13.3. The summed E-state index contributed by atoms with van der Waals surface area (Å²) < 4.78 is 0. The number of urea groups is 2. The minimum atomic E-state index is -1.22. The van der Waals surface area contributed by atoms with Gasteiger partial charge in [-0.2, -0.15) is 0 Å². The third-order valence-corrected chi connectivity index (χ3v) is 4.79. The van der Waals surface area contributed by atoms with E-state index in [1.54, 1.807) is 0 Å². The van der Waals surface area contributed by atoms with Crippen LogP contribution >= 0.6 is 0 Å². The molecule has 0 radical (unpaired) electrons. The minimum Gasteiger partial charge on any atom is -0.298 e. The lowest BCUT2D eigenvalue weighted by molar-refractivity contribution is -0.734. The van der Waals surface area contributed by atoms with E-state index in [1.165, 1.54) is 28.2 Å². The summed E-state index contributed by atoms with van der Waals surface area (Å²) in [5.74, 6) is 0. The van der Waals surface area contributed by atoms with Crippen LogP contribution < -0.4 is 0 Å². The van der Waals surface area contributed by atoms with Gasteiger partial charge in [-0.05, 0) is 0 Å². The van der Waals surface area contributed by atoms with Gasteiger partial charge in [0.05, 0.1) is 0 Å². The molecular weight excluding hydrogens is 328 g/mol. The molecule has 0 saturated carbocycles. The second kappa shape index (κ2) is 4.72. The monoisotopic (exact) mass is 344 g/mol. The van der Waals surface area contributed by atoms with Crippen molar-refractivity contribution in [2.45, 2.75) is 24.7 Å². The molecule has 3 heterocycles. The summed E-state index contributed by atoms with van der Waals surface area (Å²) in [7, 11) is 5.33. The maximum atomic E-state index is 12.2. The molecule has 4 amide bonds. The van der Waals surface area contributed by atoms with Gasteiger partial charge in [0.2, 0.25) is 24.7 Å². The third kappa shape index (κ3) is 1.64. The quantitative estimate of drug-likeness (QED) is 0.426. The number of rotatable bonds is 2. The predicted octanol–water partition coefficient (Wildman–Crippen LogP) is -1.71. The smallest absolute Gasteiger partial charge is 0.298 e. The summed E-state index contributed by atoms with van der Waals surface area (Å²) in [6.45, 7) is 0. The lowest BCUT2D eigenvalue weighted by Crippen LogP contribution is -2.75. The van der Waals surface area contributed by atoms with E-state index in [0.717, 1.165) is 29.6 Å². The number of hydrogen-bond donors (Lipinski definition) is 0. The molecule has 3 aliphatic heterocycles. The van der Waals surface area contributed by atoms with Crippen molar-refractivity contribution >= 4 is 12.1 Å². The van der Waals surface area contributed by atoms with Gasteiger partial charge in [0.1, 0.15) is 0 Å². The van der Waals surface area contributed by atoms with Crippen LogP contribution in [0.4, 0.5) is 9.59 Å². The summed E-state index contributed by atoms with van der Waals surface area (Å²) in [6.07, 6.45) is -4.87. The number of likely N-dealkylation sites (N-methyl/N-ethyl adjacent to an activating group) is 4. The highest BCUT2D eigenvalue weighted by molar-refractivity contribution is 5.79. The molecule has 0 bridgehead atoms. The minimum absolute atomic E-state index is 0.583. The van der Waals surface area contributed by atoms with Crippen LogP contribution in [-0.4, -0.2) is 105 Å². The van der Waals surface area contributed by atoms with E-state index in [2.05, 4.69) is 0 Å². The van der Waals surface area contributed by atoms with Gasteiger partial charge < -0.3 is 0 Å². The third-order valence-electron chi connectivity index (χ3n) is 4.79. The molecule has 3 saturated heterocycles. The van der Waals surface area contributed by atoms with Crippen LogP contribution in [0.25, 0.3) is 0 Å². The number of nitro groups is 2. The first-order valence-electron chi connectivity index (χ1n) is 6.95. The zero-order valence-electron chi connectivity index (χ0n) is 13.3. The number of fused-ring (bicyclic) bond motifs is 2. The van der Waals surface area contributed by atoms with Crippen molar-refractivity contribution in [1.82, 2.24) is 29.6 Å². The van der Waals surface area contributed by atoms with Gasteiger partial charge in [-0.1, -0.05) is 10.0 Å². The molecule has 14 heteroatoms. The Balaban J connectivity index is 2.20. The molecule has 4 unspecified atom stereocenters. The van der Waals surface area contributed by atoms with Crippen LogP contribution in [-0.2, 0) is 0 Å². The average Bonchev–Trinajstić information content (AvgIpc) is 2.87. The maximum Gasteiger partial charge on any atom is 0.323 e. The van der Waals surface area contributed by atoms with Crippen molar-refractivity contribution < 1.29 is 19.7 Å². The van der Waals surface area contributed by atoms with Crippen LogP contribution in [0.3, 0.4) is 0 Å². The molecule has 14 nitrogen and oxygen atoms in total. The van der Waals surface area contributed by atoms with E-state index in [1.807, 2.05) is 0 Å². The maximum absolute atomic E-state index is 12.2. The molecule has 0 aromatic heterocycles. The average molecular weight is 344 g/mol. The highest BCUT2D eigenvalue weighted by Gasteiger charge is 2.70. The number of carbonyl (C=O) groups is 2. The Kier molecular flexibility index (Phi) is 3.11. The van der Waals surface area contributed by atoms with Gasteiger partial charge in [0.15, 0.2) is 10.1 Å². The highest BCUT2D eigenvalue weighted by Crippen LogP contribution is 2.39. The fraction of sp³-hybridized carbons (Fsp3) is 0.800. The van der Waals surface area contributed by atoms with E-state index in [0.29, 0.717) is 0 Å². The van der Waals surface area contributed by atoms with Crippen LogP contribution in [0.5, 0.6) is 0 Å². The Morgan fingerprint density at radius 1 is 0.667 bits per heavy atom. The summed E-state index contributed by atoms with van der Waals surface area (Å²) in [5.41, 5.74) is 0. The first kappa shape index (κ1) is 15.8. The van der Waals surface area contributed by atoms with E-state index < -0.39 is 46.8 Å². The van der Waals surface area contributed by atoms with Gasteiger partial charge in [0.25, 0.3) is 0 Å². The summed E-state index contributed by atoms with van der Waals surface area (Å²) in [4.78, 5) is 52.0. The van der Waals surface area contributed by atoms with Gasteiger partial charge >= 0.3 is 12.1 Å². The van der Waals surface area contributed by atoms with E-state index in [4.69, 9.17) is 0 Å². The summed E-state index contributed by atoms with van der Waals surface area (Å²) in [5, 5.41) is 23.3. The van der Waals surface area contributed by atoms with Crippen LogP contribution in [0.15, 0.2) is 0 Å². The molecule has 0 aliphatic carbocycles. The summed E-state index contributed by atoms with van der Waals surface area (Å²) >= 11 is 0. The second-order valence-electron chi connectivity index (χ2n) is 5.90. The molecular formula is C10H16N8O6. The largest absolute Gasteiger partial charge is 0.323 e. The van der Waals surface area contributed by atoms with E-state index >= 15 is 0 Å². The molecule has 3 aliphatic rings. The lowest BCUT2D eigenvalue weighted by Gasteiger charge is -2.44. The van der Waals surface area contributed by atoms with Crippen molar-refractivity contribution in [1.29, 1.82) is 0 Å². The predicted molar refractivity (Wildman–Crippen MR) is 74.7 cm³/mol. The SMILES string of the molecule is CN1C(=O)N(C)C2C1N([N+](=O)[O-])C1C(N(C)C(=O)N1C)N2[N+](=O)[O-]. The first-order chi connectivity index (χ1) is 11.1. The molecule has 132 valence electrons. The van der Waals surface area contributed by atoms with Crippen molar-refractivity contribution in [2.24, 2.45) is 0 Å². The topological polar surface area (TPSA) is 140 Å². The molecule has 0 aromatic rings. The molecule has 4 atom stereocenters. The molecule has 24 heavy (non-hydrogen) atoms. The Hall–Kier alpha value is -3.06. The Bertz CT molecular complexity index is 553. The fourth-order valence-electron chi connectivity index (χ4n) is 3.71. The molecule has 0 N–H and O–H groups in total.